The second-order valence-corrected chi connectivity index (χ2v) is 4.71. The molecule has 4 nitrogen and oxygen atoms in total. The van der Waals surface area contributed by atoms with E-state index < -0.39 is 0 Å². The van der Waals surface area contributed by atoms with Crippen LogP contribution in [0.5, 0.6) is 0 Å². The van der Waals surface area contributed by atoms with Gasteiger partial charge in [-0.3, -0.25) is 9.78 Å². The minimum absolute atomic E-state index is 0.0550. The third kappa shape index (κ3) is 1.89. The zero-order chi connectivity index (χ0) is 14.2. The Labute approximate surface area is 119 Å². The van der Waals surface area contributed by atoms with Crippen molar-refractivity contribution >= 4 is 22.1 Å². The zero-order valence-electron chi connectivity index (χ0n) is 11.0. The quantitative estimate of drug-likeness (QED) is 0.499. The molecule has 21 heavy (non-hydrogen) atoms. The second kappa shape index (κ2) is 4.52. The SMILES string of the molecule is O=c1c2ccccc2oc2nc(-c3ccncc3)ccc12. The first-order valence-electron chi connectivity index (χ1n) is 6.56. The van der Waals surface area contributed by atoms with Crippen LogP contribution < -0.4 is 5.43 Å². The number of rotatable bonds is 1. The lowest BCUT2D eigenvalue weighted by molar-refractivity contribution is 0.645. The first-order valence-corrected chi connectivity index (χ1v) is 6.56. The first-order chi connectivity index (χ1) is 10.3. The molecular formula is C17H10N2O2. The van der Waals surface area contributed by atoms with Gasteiger partial charge in [-0.2, -0.15) is 0 Å². The fourth-order valence-electron chi connectivity index (χ4n) is 2.37. The number of fused-ring (bicyclic) bond motifs is 2. The number of hydrogen-bond donors (Lipinski definition) is 0. The summed E-state index contributed by atoms with van der Waals surface area (Å²) < 4.78 is 5.76. The summed E-state index contributed by atoms with van der Waals surface area (Å²) in [6.07, 6.45) is 3.41. The maximum Gasteiger partial charge on any atom is 0.231 e. The van der Waals surface area contributed by atoms with Gasteiger partial charge in [-0.15, -0.1) is 0 Å². The molecule has 0 atom stereocenters. The molecule has 0 aliphatic rings. The maximum atomic E-state index is 12.4. The molecule has 0 aliphatic carbocycles. The van der Waals surface area contributed by atoms with E-state index in [2.05, 4.69) is 9.97 Å². The summed E-state index contributed by atoms with van der Waals surface area (Å²) in [4.78, 5) is 20.9. The van der Waals surface area contributed by atoms with Crippen molar-refractivity contribution < 1.29 is 4.42 Å². The second-order valence-electron chi connectivity index (χ2n) is 4.71. The van der Waals surface area contributed by atoms with Gasteiger partial charge in [0, 0.05) is 18.0 Å². The highest BCUT2D eigenvalue weighted by Crippen LogP contribution is 2.21. The first kappa shape index (κ1) is 11.8. The van der Waals surface area contributed by atoms with Crippen molar-refractivity contribution in [3.8, 4) is 11.3 Å². The highest BCUT2D eigenvalue weighted by atomic mass is 16.3. The number of nitrogens with zero attached hydrogens (tertiary/aromatic N) is 2. The van der Waals surface area contributed by atoms with Gasteiger partial charge in [0.1, 0.15) is 5.58 Å². The van der Waals surface area contributed by atoms with Gasteiger partial charge in [0.15, 0.2) is 0 Å². The van der Waals surface area contributed by atoms with Crippen LogP contribution in [0.1, 0.15) is 0 Å². The van der Waals surface area contributed by atoms with E-state index in [1.165, 1.54) is 0 Å². The lowest BCUT2D eigenvalue weighted by atomic mass is 10.1. The van der Waals surface area contributed by atoms with Crippen LogP contribution in [0.2, 0.25) is 0 Å². The normalized spacial score (nSPS) is 11.0. The van der Waals surface area contributed by atoms with Crippen LogP contribution in [0.4, 0.5) is 0 Å². The van der Waals surface area contributed by atoms with Crippen molar-refractivity contribution in [2.75, 3.05) is 0 Å². The lowest BCUT2D eigenvalue weighted by Crippen LogP contribution is -2.03. The minimum atomic E-state index is -0.0550. The van der Waals surface area contributed by atoms with Crippen LogP contribution >= 0.6 is 0 Å². The Kier molecular flexibility index (Phi) is 2.54. The summed E-state index contributed by atoms with van der Waals surface area (Å²) in [6.45, 7) is 0. The number of para-hydroxylation sites is 1. The summed E-state index contributed by atoms with van der Waals surface area (Å²) in [6, 6.07) is 14.5. The average molecular weight is 274 g/mol. The molecule has 0 spiro atoms. The minimum Gasteiger partial charge on any atom is -0.437 e. The van der Waals surface area contributed by atoms with Gasteiger partial charge in [-0.05, 0) is 36.4 Å². The van der Waals surface area contributed by atoms with Gasteiger partial charge in [-0.1, -0.05) is 12.1 Å². The Hall–Kier alpha value is -3.01. The van der Waals surface area contributed by atoms with Crippen molar-refractivity contribution in [2.45, 2.75) is 0 Å². The van der Waals surface area contributed by atoms with E-state index in [1.54, 1.807) is 30.6 Å². The summed E-state index contributed by atoms with van der Waals surface area (Å²) in [5, 5.41) is 1.06. The summed E-state index contributed by atoms with van der Waals surface area (Å²) in [5.74, 6) is 0. The molecule has 1 aromatic carbocycles. The topological polar surface area (TPSA) is 56.0 Å². The third-order valence-corrected chi connectivity index (χ3v) is 3.42. The van der Waals surface area contributed by atoms with E-state index in [4.69, 9.17) is 4.42 Å². The Morgan fingerprint density at radius 3 is 2.52 bits per heavy atom. The van der Waals surface area contributed by atoms with Gasteiger partial charge >= 0.3 is 0 Å². The van der Waals surface area contributed by atoms with Gasteiger partial charge in [0.05, 0.1) is 16.5 Å². The van der Waals surface area contributed by atoms with Crippen LogP contribution in [0.25, 0.3) is 33.3 Å². The molecule has 100 valence electrons. The molecule has 3 aromatic heterocycles. The Bertz CT molecular complexity index is 1010. The monoisotopic (exact) mass is 274 g/mol. The smallest absolute Gasteiger partial charge is 0.231 e. The summed E-state index contributed by atoms with van der Waals surface area (Å²) in [5.41, 5.74) is 2.54. The fourth-order valence-corrected chi connectivity index (χ4v) is 2.37. The molecule has 4 aromatic rings. The molecule has 0 saturated heterocycles. The Balaban J connectivity index is 2.04. The molecule has 0 unspecified atom stereocenters. The lowest BCUT2D eigenvalue weighted by Gasteiger charge is -2.03. The molecular weight excluding hydrogens is 264 g/mol. The Morgan fingerprint density at radius 2 is 1.67 bits per heavy atom. The molecule has 0 bridgehead atoms. The molecule has 0 N–H and O–H groups in total. The molecule has 0 fully saturated rings. The van der Waals surface area contributed by atoms with Crippen LogP contribution in [0.15, 0.2) is 70.1 Å². The van der Waals surface area contributed by atoms with E-state index in [9.17, 15) is 4.79 Å². The number of benzene rings is 1. The predicted octanol–water partition coefficient (Wildman–Crippen LogP) is 3.40. The van der Waals surface area contributed by atoms with E-state index >= 15 is 0 Å². The van der Waals surface area contributed by atoms with Gasteiger partial charge in [-0.25, -0.2) is 4.98 Å². The predicted molar refractivity (Wildman–Crippen MR) is 81.0 cm³/mol. The molecule has 3 heterocycles. The van der Waals surface area contributed by atoms with Crippen molar-refractivity contribution in [3.05, 3.63) is 71.1 Å². The van der Waals surface area contributed by atoms with Crippen LogP contribution in [0, 0.1) is 0 Å². The van der Waals surface area contributed by atoms with Crippen molar-refractivity contribution in [3.63, 3.8) is 0 Å². The zero-order valence-corrected chi connectivity index (χ0v) is 11.0. The molecule has 4 rings (SSSR count). The molecule has 4 heteroatoms. The van der Waals surface area contributed by atoms with E-state index in [0.717, 1.165) is 11.3 Å². The van der Waals surface area contributed by atoms with E-state index in [0.29, 0.717) is 22.1 Å². The largest absolute Gasteiger partial charge is 0.437 e. The molecule has 0 saturated carbocycles. The van der Waals surface area contributed by atoms with Crippen molar-refractivity contribution in [2.24, 2.45) is 0 Å². The van der Waals surface area contributed by atoms with Crippen LogP contribution in [-0.4, -0.2) is 9.97 Å². The number of hydrogen-bond acceptors (Lipinski definition) is 4. The highest BCUT2D eigenvalue weighted by Gasteiger charge is 2.09. The van der Waals surface area contributed by atoms with Gasteiger partial charge in [0.2, 0.25) is 11.1 Å². The fraction of sp³-hybridized carbons (Fsp3) is 0. The van der Waals surface area contributed by atoms with E-state index in [1.807, 2.05) is 30.3 Å². The van der Waals surface area contributed by atoms with Crippen molar-refractivity contribution in [1.82, 2.24) is 9.97 Å². The Morgan fingerprint density at radius 1 is 0.857 bits per heavy atom. The average Bonchev–Trinajstić information content (AvgIpc) is 2.55. The van der Waals surface area contributed by atoms with E-state index in [-0.39, 0.29) is 5.43 Å². The standard InChI is InChI=1S/C17H10N2O2/c20-16-12-3-1-2-4-15(12)21-17-13(16)5-6-14(19-17)11-7-9-18-10-8-11/h1-10H. The molecule has 0 aliphatic heterocycles. The third-order valence-electron chi connectivity index (χ3n) is 3.42. The molecule has 0 amide bonds. The molecule has 0 radical (unpaired) electrons. The summed E-state index contributed by atoms with van der Waals surface area (Å²) in [7, 11) is 0. The summed E-state index contributed by atoms with van der Waals surface area (Å²) >= 11 is 0. The van der Waals surface area contributed by atoms with Crippen LogP contribution in [0.3, 0.4) is 0 Å². The highest BCUT2D eigenvalue weighted by molar-refractivity contribution is 5.88. The number of aromatic nitrogens is 2. The maximum absolute atomic E-state index is 12.4. The van der Waals surface area contributed by atoms with Crippen LogP contribution in [-0.2, 0) is 0 Å². The van der Waals surface area contributed by atoms with Gasteiger partial charge < -0.3 is 4.42 Å². The number of pyridine rings is 2. The van der Waals surface area contributed by atoms with Crippen molar-refractivity contribution in [1.29, 1.82) is 0 Å². The van der Waals surface area contributed by atoms with Gasteiger partial charge in [0.25, 0.3) is 0 Å².